The number of rotatable bonds is 6. The van der Waals surface area contributed by atoms with Crippen molar-refractivity contribution in [1.82, 2.24) is 14.6 Å². The summed E-state index contributed by atoms with van der Waals surface area (Å²) in [4.78, 5) is 17.7. The van der Waals surface area contributed by atoms with Gasteiger partial charge in [0.25, 0.3) is 0 Å². The SMILES string of the molecule is COc1cc(NC(=O)Cc2c(C)nc3c(-c4ccccc4)c(C)nn3c2C)cc(OC)c1. The lowest BCUT2D eigenvalue weighted by Crippen LogP contribution is -2.18. The minimum Gasteiger partial charge on any atom is -0.497 e. The quantitative estimate of drug-likeness (QED) is 0.487. The molecule has 0 aliphatic rings. The average Bonchev–Trinajstić information content (AvgIpc) is 3.12. The number of aromatic nitrogens is 3. The zero-order valence-electron chi connectivity index (χ0n) is 18.9. The van der Waals surface area contributed by atoms with Crippen LogP contribution in [0.25, 0.3) is 16.8 Å². The molecule has 7 heteroatoms. The third kappa shape index (κ3) is 4.01. The molecule has 7 nitrogen and oxygen atoms in total. The van der Waals surface area contributed by atoms with Gasteiger partial charge in [0.15, 0.2) is 5.65 Å². The number of hydrogen-bond donors (Lipinski definition) is 1. The highest BCUT2D eigenvalue weighted by atomic mass is 16.5. The Morgan fingerprint density at radius 2 is 1.62 bits per heavy atom. The summed E-state index contributed by atoms with van der Waals surface area (Å²) in [5, 5.41) is 7.65. The zero-order valence-corrected chi connectivity index (χ0v) is 18.9. The lowest BCUT2D eigenvalue weighted by molar-refractivity contribution is -0.115. The average molecular weight is 431 g/mol. The van der Waals surface area contributed by atoms with Crippen LogP contribution in [-0.4, -0.2) is 34.7 Å². The monoisotopic (exact) mass is 430 g/mol. The van der Waals surface area contributed by atoms with Crippen molar-refractivity contribution >= 4 is 17.2 Å². The van der Waals surface area contributed by atoms with E-state index >= 15 is 0 Å². The third-order valence-electron chi connectivity index (χ3n) is 5.54. The summed E-state index contributed by atoms with van der Waals surface area (Å²) >= 11 is 0. The van der Waals surface area contributed by atoms with Crippen molar-refractivity contribution in [3.05, 3.63) is 71.2 Å². The highest BCUT2D eigenvalue weighted by Gasteiger charge is 2.19. The van der Waals surface area contributed by atoms with E-state index in [0.717, 1.165) is 39.4 Å². The normalized spacial score (nSPS) is 10.9. The molecule has 0 spiro atoms. The first-order chi connectivity index (χ1) is 15.4. The predicted molar refractivity (Wildman–Crippen MR) is 125 cm³/mol. The van der Waals surface area contributed by atoms with Gasteiger partial charge in [-0.3, -0.25) is 4.79 Å². The number of hydrogen-bond acceptors (Lipinski definition) is 5. The van der Waals surface area contributed by atoms with Crippen LogP contribution in [0.1, 0.15) is 22.6 Å². The highest BCUT2D eigenvalue weighted by molar-refractivity contribution is 5.93. The molecule has 1 amide bonds. The third-order valence-corrected chi connectivity index (χ3v) is 5.54. The van der Waals surface area contributed by atoms with Crippen molar-refractivity contribution in [3.8, 4) is 22.6 Å². The fraction of sp³-hybridized carbons (Fsp3) is 0.240. The number of carbonyl (C=O) groups excluding carboxylic acids is 1. The van der Waals surface area contributed by atoms with E-state index in [4.69, 9.17) is 19.6 Å². The first-order valence-electron chi connectivity index (χ1n) is 10.3. The minimum atomic E-state index is -0.153. The van der Waals surface area contributed by atoms with E-state index in [1.165, 1.54) is 0 Å². The molecule has 1 N–H and O–H groups in total. The molecule has 0 aliphatic heterocycles. The molecule has 0 fully saturated rings. The fourth-order valence-electron chi connectivity index (χ4n) is 3.91. The number of nitrogens with zero attached hydrogens (tertiary/aromatic N) is 3. The maximum atomic E-state index is 12.9. The number of carbonyl (C=O) groups is 1. The van der Waals surface area contributed by atoms with Crippen molar-refractivity contribution in [3.63, 3.8) is 0 Å². The number of nitrogens with one attached hydrogen (secondary N) is 1. The Hall–Kier alpha value is -3.87. The number of anilines is 1. The topological polar surface area (TPSA) is 77.8 Å². The van der Waals surface area contributed by atoms with Gasteiger partial charge in [0.2, 0.25) is 5.91 Å². The van der Waals surface area contributed by atoms with E-state index in [1.54, 1.807) is 32.4 Å². The van der Waals surface area contributed by atoms with Crippen molar-refractivity contribution in [2.75, 3.05) is 19.5 Å². The Labute approximate surface area is 187 Å². The maximum Gasteiger partial charge on any atom is 0.228 e. The van der Waals surface area contributed by atoms with Crippen molar-refractivity contribution in [2.45, 2.75) is 27.2 Å². The van der Waals surface area contributed by atoms with Gasteiger partial charge in [-0.05, 0) is 26.3 Å². The van der Waals surface area contributed by atoms with Crippen LogP contribution in [0.15, 0.2) is 48.5 Å². The van der Waals surface area contributed by atoms with Crippen LogP contribution in [0.4, 0.5) is 5.69 Å². The maximum absolute atomic E-state index is 12.9. The van der Waals surface area contributed by atoms with Gasteiger partial charge in [0.05, 0.1) is 26.3 Å². The van der Waals surface area contributed by atoms with E-state index in [0.29, 0.717) is 17.2 Å². The molecule has 2 heterocycles. The number of benzene rings is 2. The molecule has 4 rings (SSSR count). The van der Waals surface area contributed by atoms with Gasteiger partial charge in [-0.1, -0.05) is 30.3 Å². The second-order valence-corrected chi connectivity index (χ2v) is 7.65. The van der Waals surface area contributed by atoms with Crippen LogP contribution < -0.4 is 14.8 Å². The van der Waals surface area contributed by atoms with E-state index in [-0.39, 0.29) is 12.3 Å². The number of fused-ring (bicyclic) bond motifs is 1. The van der Waals surface area contributed by atoms with Crippen LogP contribution in [-0.2, 0) is 11.2 Å². The van der Waals surface area contributed by atoms with E-state index < -0.39 is 0 Å². The largest absolute Gasteiger partial charge is 0.497 e. The molecular weight excluding hydrogens is 404 g/mol. The summed E-state index contributed by atoms with van der Waals surface area (Å²) < 4.78 is 12.4. The second kappa shape index (κ2) is 8.70. The van der Waals surface area contributed by atoms with Crippen LogP contribution in [0.5, 0.6) is 11.5 Å². The molecule has 2 aromatic carbocycles. The standard InChI is InChI=1S/C25H26N4O3/c1-15-22(14-23(30)27-19-11-20(31-4)13-21(12-19)32-5)17(3)29-25(26-15)24(16(2)28-29)18-9-7-6-8-10-18/h6-13H,14H2,1-5H3,(H,27,30). The van der Waals surface area contributed by atoms with E-state index in [9.17, 15) is 4.79 Å². The lowest BCUT2D eigenvalue weighted by atomic mass is 10.1. The molecule has 0 saturated heterocycles. The molecule has 2 aromatic heterocycles. The van der Waals surface area contributed by atoms with Gasteiger partial charge in [-0.15, -0.1) is 0 Å². The molecule has 0 bridgehead atoms. The summed E-state index contributed by atoms with van der Waals surface area (Å²) in [7, 11) is 3.15. The highest BCUT2D eigenvalue weighted by Crippen LogP contribution is 2.30. The molecule has 0 radical (unpaired) electrons. The van der Waals surface area contributed by atoms with Gasteiger partial charge < -0.3 is 14.8 Å². The van der Waals surface area contributed by atoms with Crippen molar-refractivity contribution in [2.24, 2.45) is 0 Å². The second-order valence-electron chi connectivity index (χ2n) is 7.65. The Balaban J connectivity index is 1.66. The van der Waals surface area contributed by atoms with Crippen molar-refractivity contribution < 1.29 is 14.3 Å². The number of methoxy groups -OCH3 is 2. The first-order valence-corrected chi connectivity index (χ1v) is 10.3. The Kier molecular flexibility index (Phi) is 5.81. The smallest absolute Gasteiger partial charge is 0.228 e. The summed E-state index contributed by atoms with van der Waals surface area (Å²) in [6, 6.07) is 15.4. The molecule has 32 heavy (non-hydrogen) atoms. The van der Waals surface area contributed by atoms with Gasteiger partial charge >= 0.3 is 0 Å². The Bertz CT molecular complexity index is 1270. The van der Waals surface area contributed by atoms with Crippen LogP contribution in [0.3, 0.4) is 0 Å². The number of amides is 1. The first kappa shape index (κ1) is 21.4. The molecule has 0 unspecified atom stereocenters. The zero-order chi connectivity index (χ0) is 22.8. The van der Waals surface area contributed by atoms with E-state index in [2.05, 4.69) is 17.4 Å². The summed E-state index contributed by atoms with van der Waals surface area (Å²) in [5.74, 6) is 1.06. The molecule has 4 aromatic rings. The molecule has 0 aliphatic carbocycles. The minimum absolute atomic E-state index is 0.153. The molecular formula is C25H26N4O3. The number of ether oxygens (including phenoxy) is 2. The van der Waals surface area contributed by atoms with Crippen molar-refractivity contribution in [1.29, 1.82) is 0 Å². The lowest BCUT2D eigenvalue weighted by Gasteiger charge is -2.13. The summed E-state index contributed by atoms with van der Waals surface area (Å²) in [6.07, 6.45) is 0.180. The Morgan fingerprint density at radius 3 is 2.25 bits per heavy atom. The summed E-state index contributed by atoms with van der Waals surface area (Å²) in [6.45, 7) is 5.88. The number of aryl methyl sites for hydroxylation is 3. The summed E-state index contributed by atoms with van der Waals surface area (Å²) in [5.41, 5.74) is 6.95. The molecule has 164 valence electrons. The van der Waals surface area contributed by atoms with Gasteiger partial charge in [0, 0.05) is 46.4 Å². The fourth-order valence-corrected chi connectivity index (χ4v) is 3.91. The van der Waals surface area contributed by atoms with Gasteiger partial charge in [0.1, 0.15) is 11.5 Å². The molecule has 0 atom stereocenters. The van der Waals surface area contributed by atoms with Crippen LogP contribution >= 0.6 is 0 Å². The van der Waals surface area contributed by atoms with Gasteiger partial charge in [-0.2, -0.15) is 5.10 Å². The van der Waals surface area contributed by atoms with Crippen LogP contribution in [0.2, 0.25) is 0 Å². The predicted octanol–water partition coefficient (Wildman–Crippen LogP) is 4.52. The Morgan fingerprint density at radius 1 is 0.969 bits per heavy atom. The van der Waals surface area contributed by atoms with Crippen LogP contribution in [0, 0.1) is 20.8 Å². The molecule has 0 saturated carbocycles. The van der Waals surface area contributed by atoms with Gasteiger partial charge in [-0.25, -0.2) is 9.50 Å². The van der Waals surface area contributed by atoms with E-state index in [1.807, 2.05) is 43.5 Å².